The molecule has 1 aromatic rings. The van der Waals surface area contributed by atoms with Crippen LogP contribution in [-0.4, -0.2) is 12.9 Å². The summed E-state index contributed by atoms with van der Waals surface area (Å²) >= 11 is 2.46. The van der Waals surface area contributed by atoms with Crippen LogP contribution in [0.4, 0.5) is 0 Å². The van der Waals surface area contributed by atoms with Gasteiger partial charge in [-0.05, 0) is 38.0 Å². The van der Waals surface area contributed by atoms with Crippen molar-refractivity contribution in [2.45, 2.75) is 37.4 Å². The van der Waals surface area contributed by atoms with Crippen LogP contribution in [-0.2, 0) is 4.74 Å². The Labute approximate surface area is 111 Å². The maximum absolute atomic E-state index is 5.60. The second-order valence-electron chi connectivity index (χ2n) is 3.59. The van der Waals surface area contributed by atoms with Crippen LogP contribution in [0.2, 0.25) is 0 Å². The number of rotatable bonds is 6. The number of hydrogen-bond acceptors (Lipinski definition) is 2. The van der Waals surface area contributed by atoms with Crippen LogP contribution >= 0.6 is 22.6 Å². The van der Waals surface area contributed by atoms with Gasteiger partial charge >= 0.3 is 0 Å². The Balaban J connectivity index is 2.57. The Morgan fingerprint density at radius 3 is 2.31 bits per heavy atom. The van der Waals surface area contributed by atoms with Gasteiger partial charge < -0.3 is 9.47 Å². The van der Waals surface area contributed by atoms with Gasteiger partial charge in [0.1, 0.15) is 5.75 Å². The van der Waals surface area contributed by atoms with Crippen LogP contribution < -0.4 is 4.74 Å². The van der Waals surface area contributed by atoms with E-state index in [-0.39, 0.29) is 6.29 Å². The van der Waals surface area contributed by atoms with Crippen LogP contribution in [0, 0.1) is 0 Å². The number of halogens is 1. The zero-order valence-electron chi connectivity index (χ0n) is 10.1. The van der Waals surface area contributed by atoms with Gasteiger partial charge in [0, 0.05) is 10.5 Å². The van der Waals surface area contributed by atoms with Crippen LogP contribution in [0.25, 0.3) is 0 Å². The Bertz CT molecular complexity index is 297. The number of ether oxygens (including phenoxy) is 2. The maximum atomic E-state index is 5.60. The van der Waals surface area contributed by atoms with Gasteiger partial charge in [0.05, 0.1) is 0 Å². The molecule has 1 rings (SSSR count). The van der Waals surface area contributed by atoms with E-state index < -0.39 is 0 Å². The summed E-state index contributed by atoms with van der Waals surface area (Å²) < 4.78 is 11.5. The van der Waals surface area contributed by atoms with Gasteiger partial charge in [0.2, 0.25) is 0 Å². The van der Waals surface area contributed by atoms with E-state index in [1.807, 2.05) is 26.0 Å². The number of alkyl halides is 1. The highest BCUT2D eigenvalue weighted by Gasteiger charge is 2.06. The molecule has 2 unspecified atom stereocenters. The molecule has 0 aliphatic rings. The summed E-state index contributed by atoms with van der Waals surface area (Å²) in [4.78, 5) is 0. The summed E-state index contributed by atoms with van der Waals surface area (Å²) in [6, 6.07) is 8.25. The molecule has 2 atom stereocenters. The predicted molar refractivity (Wildman–Crippen MR) is 75.2 cm³/mol. The zero-order chi connectivity index (χ0) is 12.0. The molecule has 0 aromatic heterocycles. The average molecular weight is 334 g/mol. The molecule has 3 heteroatoms. The molecule has 0 fully saturated rings. The zero-order valence-corrected chi connectivity index (χ0v) is 12.2. The van der Waals surface area contributed by atoms with Crippen molar-refractivity contribution < 1.29 is 9.47 Å². The maximum Gasteiger partial charge on any atom is 0.196 e. The molecule has 0 aliphatic carbocycles. The van der Waals surface area contributed by atoms with E-state index in [0.29, 0.717) is 10.5 Å². The average Bonchev–Trinajstić information content (AvgIpc) is 2.29. The Morgan fingerprint density at radius 1 is 1.19 bits per heavy atom. The quantitative estimate of drug-likeness (QED) is 0.438. The van der Waals surface area contributed by atoms with Crippen molar-refractivity contribution in [3.63, 3.8) is 0 Å². The molecule has 0 spiro atoms. The van der Waals surface area contributed by atoms with Gasteiger partial charge in [-0.2, -0.15) is 0 Å². The van der Waals surface area contributed by atoms with E-state index in [1.54, 1.807) is 0 Å². The molecule has 16 heavy (non-hydrogen) atoms. The molecule has 0 bridgehead atoms. The lowest BCUT2D eigenvalue weighted by Gasteiger charge is -2.15. The minimum Gasteiger partial charge on any atom is -0.465 e. The van der Waals surface area contributed by atoms with Crippen molar-refractivity contribution in [3.8, 4) is 5.75 Å². The Morgan fingerprint density at radius 2 is 1.81 bits per heavy atom. The predicted octanol–water partition coefficient (Wildman–Crippen LogP) is 4.33. The normalized spacial score (nSPS) is 14.5. The minimum atomic E-state index is -0.183. The lowest BCUT2D eigenvalue weighted by molar-refractivity contribution is -0.0613. The largest absolute Gasteiger partial charge is 0.465 e. The highest BCUT2D eigenvalue weighted by Crippen LogP contribution is 2.28. The number of hydrogen-bond donors (Lipinski definition) is 0. The molecule has 1 aromatic carbocycles. The summed E-state index contributed by atoms with van der Waals surface area (Å²) in [5.74, 6) is 0.865. The van der Waals surface area contributed by atoms with Crippen LogP contribution in [0.1, 0.15) is 36.7 Å². The van der Waals surface area contributed by atoms with Crippen molar-refractivity contribution >= 4 is 22.6 Å². The summed E-state index contributed by atoms with van der Waals surface area (Å²) in [6.07, 6.45) is 0.966. The second kappa shape index (κ2) is 7.12. The van der Waals surface area contributed by atoms with Crippen LogP contribution in [0.5, 0.6) is 5.75 Å². The summed E-state index contributed by atoms with van der Waals surface area (Å²) in [5.41, 5.74) is 1.35. The monoisotopic (exact) mass is 334 g/mol. The lowest BCUT2D eigenvalue weighted by atomic mass is 10.1. The van der Waals surface area contributed by atoms with E-state index in [2.05, 4.69) is 41.6 Å². The molecule has 0 heterocycles. The fourth-order valence-electron chi connectivity index (χ4n) is 1.45. The van der Waals surface area contributed by atoms with Gasteiger partial charge in [-0.3, -0.25) is 0 Å². The molecule has 0 saturated carbocycles. The van der Waals surface area contributed by atoms with Crippen molar-refractivity contribution in [1.82, 2.24) is 0 Å². The molecular weight excluding hydrogens is 315 g/mol. The molecule has 0 N–H and O–H groups in total. The highest BCUT2D eigenvalue weighted by molar-refractivity contribution is 14.1. The van der Waals surface area contributed by atoms with Gasteiger partial charge in [0.15, 0.2) is 6.29 Å². The van der Waals surface area contributed by atoms with Gasteiger partial charge in [0.25, 0.3) is 0 Å². The summed E-state index contributed by atoms with van der Waals surface area (Å²) in [7, 11) is 0. The van der Waals surface area contributed by atoms with Crippen molar-refractivity contribution in [1.29, 1.82) is 0 Å². The third kappa shape index (κ3) is 4.29. The Kier molecular flexibility index (Phi) is 6.13. The first-order chi connectivity index (χ1) is 7.67. The van der Waals surface area contributed by atoms with Gasteiger partial charge in [-0.1, -0.05) is 41.6 Å². The van der Waals surface area contributed by atoms with Crippen molar-refractivity contribution in [2.24, 2.45) is 0 Å². The highest BCUT2D eigenvalue weighted by atomic mass is 127. The van der Waals surface area contributed by atoms with E-state index >= 15 is 0 Å². The first kappa shape index (κ1) is 13.8. The van der Waals surface area contributed by atoms with Crippen LogP contribution in [0.15, 0.2) is 24.3 Å². The molecule has 0 saturated heterocycles. The van der Waals surface area contributed by atoms with E-state index in [4.69, 9.17) is 9.47 Å². The molecule has 0 amide bonds. The summed E-state index contributed by atoms with van der Waals surface area (Å²) in [6.45, 7) is 6.74. The van der Waals surface area contributed by atoms with Crippen molar-refractivity contribution in [2.75, 3.05) is 6.61 Å². The summed E-state index contributed by atoms with van der Waals surface area (Å²) in [5, 5.41) is 0. The SMILES string of the molecule is CCOC(C)Oc1ccc(C(I)CC)cc1. The third-order valence-electron chi connectivity index (χ3n) is 2.30. The van der Waals surface area contributed by atoms with Crippen LogP contribution in [0.3, 0.4) is 0 Å². The number of benzene rings is 1. The second-order valence-corrected chi connectivity index (χ2v) is 5.09. The lowest BCUT2D eigenvalue weighted by Crippen LogP contribution is -2.15. The van der Waals surface area contributed by atoms with E-state index in [9.17, 15) is 0 Å². The van der Waals surface area contributed by atoms with Crippen molar-refractivity contribution in [3.05, 3.63) is 29.8 Å². The molecule has 90 valence electrons. The fourth-order valence-corrected chi connectivity index (χ4v) is 1.87. The van der Waals surface area contributed by atoms with Gasteiger partial charge in [-0.15, -0.1) is 0 Å². The smallest absolute Gasteiger partial charge is 0.196 e. The molecular formula is C13H19IO2. The first-order valence-corrected chi connectivity index (χ1v) is 6.94. The molecule has 0 radical (unpaired) electrons. The van der Waals surface area contributed by atoms with Gasteiger partial charge in [-0.25, -0.2) is 0 Å². The molecule has 2 nitrogen and oxygen atoms in total. The first-order valence-electron chi connectivity index (χ1n) is 5.69. The fraction of sp³-hybridized carbons (Fsp3) is 0.538. The minimum absolute atomic E-state index is 0.183. The van der Waals surface area contributed by atoms with E-state index in [0.717, 1.165) is 12.2 Å². The standard InChI is InChI=1S/C13H19IO2/c1-4-13(14)11-6-8-12(9-7-11)16-10(3)15-5-2/h6-10,13H,4-5H2,1-3H3. The van der Waals surface area contributed by atoms with E-state index in [1.165, 1.54) is 5.56 Å². The molecule has 0 aliphatic heterocycles. The Hall–Kier alpha value is -0.290. The third-order valence-corrected chi connectivity index (χ3v) is 3.90. The topological polar surface area (TPSA) is 18.5 Å².